The first-order valence-electron chi connectivity index (χ1n) is 7.48. The van der Waals surface area contributed by atoms with Gasteiger partial charge < -0.3 is 15.2 Å². The van der Waals surface area contributed by atoms with Crippen molar-refractivity contribution in [2.45, 2.75) is 6.92 Å². The zero-order valence-electron chi connectivity index (χ0n) is 13.9. The Balaban J connectivity index is 2.32. The molecule has 0 spiro atoms. The number of rotatable bonds is 5. The standard InChI is InChI=1S/C17H14ClFN4O3/c1-3-21-17(26)15(24)11-8-23(2)14(13(11)18)16(25)22-10-4-5-12(19)9(6-10)7-20/h4-6,8H,3H2,1-2H3,(H,21,26)(H,22,25). The molecule has 26 heavy (non-hydrogen) atoms. The first-order chi connectivity index (χ1) is 12.3. The van der Waals surface area contributed by atoms with Crippen LogP contribution in [-0.4, -0.2) is 28.7 Å². The summed E-state index contributed by atoms with van der Waals surface area (Å²) in [7, 11) is 1.49. The van der Waals surface area contributed by atoms with E-state index in [0.29, 0.717) is 0 Å². The number of aromatic nitrogens is 1. The quantitative estimate of drug-likeness (QED) is 0.617. The van der Waals surface area contributed by atoms with Crippen molar-refractivity contribution < 1.29 is 18.8 Å². The van der Waals surface area contributed by atoms with Gasteiger partial charge in [0.15, 0.2) is 0 Å². The number of benzene rings is 1. The number of halogens is 2. The Hall–Kier alpha value is -3.18. The van der Waals surface area contributed by atoms with Gasteiger partial charge in [0.25, 0.3) is 17.6 Å². The van der Waals surface area contributed by atoms with Gasteiger partial charge in [0, 0.05) is 25.5 Å². The minimum Gasteiger partial charge on any atom is -0.349 e. The van der Waals surface area contributed by atoms with Crippen molar-refractivity contribution >= 4 is 34.9 Å². The van der Waals surface area contributed by atoms with E-state index in [2.05, 4.69) is 10.6 Å². The summed E-state index contributed by atoms with van der Waals surface area (Å²) in [6.45, 7) is 1.93. The molecule has 0 saturated carbocycles. The molecule has 0 saturated heterocycles. The van der Waals surface area contributed by atoms with Crippen LogP contribution in [0.25, 0.3) is 0 Å². The Labute approximate surface area is 153 Å². The number of hydrogen-bond donors (Lipinski definition) is 2. The van der Waals surface area contributed by atoms with Crippen LogP contribution in [-0.2, 0) is 11.8 Å². The molecule has 0 atom stereocenters. The van der Waals surface area contributed by atoms with E-state index in [1.54, 1.807) is 13.0 Å². The normalized spacial score (nSPS) is 10.1. The van der Waals surface area contributed by atoms with E-state index in [4.69, 9.17) is 16.9 Å². The molecule has 0 bridgehead atoms. The van der Waals surface area contributed by atoms with Crippen LogP contribution in [0.15, 0.2) is 24.4 Å². The fourth-order valence-corrected chi connectivity index (χ4v) is 2.61. The van der Waals surface area contributed by atoms with E-state index in [-0.39, 0.29) is 34.1 Å². The van der Waals surface area contributed by atoms with Crippen molar-refractivity contribution in [3.8, 4) is 6.07 Å². The first-order valence-corrected chi connectivity index (χ1v) is 7.86. The predicted octanol–water partition coefficient (Wildman–Crippen LogP) is 2.26. The SMILES string of the molecule is CCNC(=O)C(=O)c1cn(C)c(C(=O)Nc2ccc(F)c(C#N)c2)c1Cl. The fraction of sp³-hybridized carbons (Fsp3) is 0.176. The molecule has 1 aromatic carbocycles. The van der Waals surface area contributed by atoms with E-state index in [1.165, 1.54) is 29.9 Å². The highest BCUT2D eigenvalue weighted by Gasteiger charge is 2.26. The Kier molecular flexibility index (Phi) is 5.75. The van der Waals surface area contributed by atoms with Crippen molar-refractivity contribution in [1.29, 1.82) is 5.26 Å². The van der Waals surface area contributed by atoms with Crippen molar-refractivity contribution in [3.63, 3.8) is 0 Å². The van der Waals surface area contributed by atoms with Gasteiger partial charge in [-0.15, -0.1) is 0 Å². The number of hydrogen-bond acceptors (Lipinski definition) is 4. The molecule has 1 heterocycles. The highest BCUT2D eigenvalue weighted by molar-refractivity contribution is 6.48. The molecule has 0 aliphatic carbocycles. The number of ketones is 1. The third-order valence-corrected chi connectivity index (χ3v) is 3.85. The van der Waals surface area contributed by atoms with Crippen LogP contribution >= 0.6 is 11.6 Å². The summed E-state index contributed by atoms with van der Waals surface area (Å²) >= 11 is 6.12. The highest BCUT2D eigenvalue weighted by atomic mass is 35.5. The second-order valence-electron chi connectivity index (χ2n) is 5.27. The Morgan fingerprint density at radius 1 is 1.35 bits per heavy atom. The number of anilines is 1. The number of amides is 2. The number of Topliss-reactive ketones (excluding diaryl/α,β-unsaturated/α-hetero) is 1. The molecule has 0 aliphatic rings. The predicted molar refractivity (Wildman–Crippen MR) is 92.5 cm³/mol. The van der Waals surface area contributed by atoms with E-state index in [0.717, 1.165) is 6.07 Å². The van der Waals surface area contributed by atoms with Crippen molar-refractivity contribution in [2.24, 2.45) is 7.05 Å². The average molecular weight is 377 g/mol. The Morgan fingerprint density at radius 2 is 2.04 bits per heavy atom. The number of nitrogens with zero attached hydrogens (tertiary/aromatic N) is 2. The number of carbonyl (C=O) groups excluding carboxylic acids is 3. The van der Waals surface area contributed by atoms with E-state index >= 15 is 0 Å². The molecule has 7 nitrogen and oxygen atoms in total. The minimum atomic E-state index is -0.861. The maximum Gasteiger partial charge on any atom is 0.292 e. The van der Waals surface area contributed by atoms with Crippen LogP contribution in [0.4, 0.5) is 10.1 Å². The van der Waals surface area contributed by atoms with Crippen LogP contribution in [0.3, 0.4) is 0 Å². The summed E-state index contributed by atoms with van der Waals surface area (Å²) in [5, 5.41) is 13.5. The van der Waals surface area contributed by atoms with Crippen molar-refractivity contribution in [2.75, 3.05) is 11.9 Å². The molecule has 2 amide bonds. The highest BCUT2D eigenvalue weighted by Crippen LogP contribution is 2.25. The zero-order valence-corrected chi connectivity index (χ0v) is 14.6. The topological polar surface area (TPSA) is 104 Å². The van der Waals surface area contributed by atoms with Crippen LogP contribution in [0, 0.1) is 17.1 Å². The molecule has 9 heteroatoms. The summed E-state index contributed by atoms with van der Waals surface area (Å²) in [6.07, 6.45) is 1.28. The molecule has 0 unspecified atom stereocenters. The lowest BCUT2D eigenvalue weighted by Crippen LogP contribution is -2.30. The van der Waals surface area contributed by atoms with E-state index in [1.807, 2.05) is 0 Å². The van der Waals surface area contributed by atoms with Gasteiger partial charge in [-0.3, -0.25) is 14.4 Å². The summed E-state index contributed by atoms with van der Waals surface area (Å²) in [4.78, 5) is 36.3. The maximum absolute atomic E-state index is 13.4. The van der Waals surface area contributed by atoms with Gasteiger partial charge in [0.2, 0.25) is 0 Å². The second-order valence-corrected chi connectivity index (χ2v) is 5.64. The zero-order chi connectivity index (χ0) is 19.4. The van der Waals surface area contributed by atoms with Crippen molar-refractivity contribution in [3.05, 3.63) is 52.1 Å². The minimum absolute atomic E-state index is 0.0536. The fourth-order valence-electron chi connectivity index (χ4n) is 2.26. The van der Waals surface area contributed by atoms with Gasteiger partial charge in [-0.25, -0.2) is 4.39 Å². The Bertz CT molecular complexity index is 946. The van der Waals surface area contributed by atoms with Crippen LogP contribution in [0.2, 0.25) is 5.02 Å². The number of aryl methyl sites for hydroxylation is 1. The lowest BCUT2D eigenvalue weighted by atomic mass is 10.2. The maximum atomic E-state index is 13.4. The largest absolute Gasteiger partial charge is 0.349 e. The van der Waals surface area contributed by atoms with Gasteiger partial charge in [0.1, 0.15) is 17.6 Å². The molecule has 2 rings (SSSR count). The Morgan fingerprint density at radius 3 is 2.65 bits per heavy atom. The molecule has 1 aromatic heterocycles. The smallest absolute Gasteiger partial charge is 0.292 e. The van der Waals surface area contributed by atoms with E-state index in [9.17, 15) is 18.8 Å². The molecule has 2 aromatic rings. The number of nitriles is 1. The molecule has 0 aliphatic heterocycles. The lowest BCUT2D eigenvalue weighted by Gasteiger charge is -2.07. The van der Waals surface area contributed by atoms with Crippen LogP contribution in [0.1, 0.15) is 33.3 Å². The number of likely N-dealkylation sites (N-methyl/N-ethyl adjacent to an activating group) is 1. The second kappa shape index (κ2) is 7.80. The van der Waals surface area contributed by atoms with Gasteiger partial charge in [-0.1, -0.05) is 11.6 Å². The third kappa shape index (κ3) is 3.73. The number of carbonyl (C=O) groups is 3. The summed E-state index contributed by atoms with van der Waals surface area (Å²) in [6, 6.07) is 5.17. The molecule has 0 radical (unpaired) electrons. The number of nitrogens with one attached hydrogen (secondary N) is 2. The van der Waals surface area contributed by atoms with Gasteiger partial charge in [0.05, 0.1) is 16.1 Å². The van der Waals surface area contributed by atoms with Crippen LogP contribution < -0.4 is 10.6 Å². The summed E-state index contributed by atoms with van der Waals surface area (Å²) in [5.41, 5.74) is -0.209. The van der Waals surface area contributed by atoms with Gasteiger partial charge in [-0.2, -0.15) is 5.26 Å². The molecular formula is C17H14ClFN4O3. The molecule has 134 valence electrons. The average Bonchev–Trinajstić information content (AvgIpc) is 2.90. The van der Waals surface area contributed by atoms with E-state index < -0.39 is 23.4 Å². The first kappa shape index (κ1) is 19.1. The third-order valence-electron chi connectivity index (χ3n) is 3.47. The summed E-state index contributed by atoms with van der Waals surface area (Å²) < 4.78 is 14.7. The lowest BCUT2D eigenvalue weighted by molar-refractivity contribution is -0.116. The van der Waals surface area contributed by atoms with Crippen molar-refractivity contribution in [1.82, 2.24) is 9.88 Å². The monoisotopic (exact) mass is 376 g/mol. The van der Waals surface area contributed by atoms with Gasteiger partial charge in [-0.05, 0) is 25.1 Å². The molecule has 0 fully saturated rings. The van der Waals surface area contributed by atoms with Crippen LogP contribution in [0.5, 0.6) is 0 Å². The molecular weight excluding hydrogens is 363 g/mol. The summed E-state index contributed by atoms with van der Waals surface area (Å²) in [5.74, 6) is -3.08. The van der Waals surface area contributed by atoms with Gasteiger partial charge >= 0.3 is 0 Å². The molecule has 2 N–H and O–H groups in total.